The van der Waals surface area contributed by atoms with Crippen LogP contribution >= 0.6 is 0 Å². The van der Waals surface area contributed by atoms with E-state index in [0.29, 0.717) is 29.6 Å². The number of hydrogen-bond acceptors (Lipinski definition) is 4. The lowest BCUT2D eigenvalue weighted by Crippen LogP contribution is -2.25. The molecule has 1 rings (SSSR count). The molecule has 0 amide bonds. The molecular formula is C12H20N2O2S. The SMILES string of the molecule is CC(C)NCCCS(=O)(=O)c1ccc(N)cc1. The van der Waals surface area contributed by atoms with Gasteiger partial charge in [0.15, 0.2) is 9.84 Å². The van der Waals surface area contributed by atoms with E-state index in [1.54, 1.807) is 24.3 Å². The van der Waals surface area contributed by atoms with Crippen LogP contribution in [-0.4, -0.2) is 26.8 Å². The Kier molecular flexibility index (Phi) is 4.96. The third-order valence-electron chi connectivity index (χ3n) is 2.38. The average Bonchev–Trinajstić information content (AvgIpc) is 2.25. The van der Waals surface area contributed by atoms with Gasteiger partial charge in [0.1, 0.15) is 0 Å². The molecule has 0 aromatic heterocycles. The summed E-state index contributed by atoms with van der Waals surface area (Å²) in [5.74, 6) is 0.163. The van der Waals surface area contributed by atoms with E-state index < -0.39 is 9.84 Å². The standard InChI is InChI=1S/C12H20N2O2S/c1-10(2)14-8-3-9-17(15,16)12-6-4-11(13)5-7-12/h4-7,10,14H,3,8-9,13H2,1-2H3. The highest BCUT2D eigenvalue weighted by Gasteiger charge is 2.13. The van der Waals surface area contributed by atoms with E-state index in [2.05, 4.69) is 5.32 Å². The van der Waals surface area contributed by atoms with Gasteiger partial charge in [-0.15, -0.1) is 0 Å². The summed E-state index contributed by atoms with van der Waals surface area (Å²) in [5.41, 5.74) is 6.09. The molecule has 4 nitrogen and oxygen atoms in total. The fourth-order valence-corrected chi connectivity index (χ4v) is 2.76. The van der Waals surface area contributed by atoms with Gasteiger partial charge in [0.2, 0.25) is 0 Å². The van der Waals surface area contributed by atoms with E-state index in [9.17, 15) is 8.42 Å². The molecule has 0 saturated carbocycles. The smallest absolute Gasteiger partial charge is 0.178 e. The minimum atomic E-state index is -3.17. The molecule has 0 bridgehead atoms. The van der Waals surface area contributed by atoms with Gasteiger partial charge in [-0.3, -0.25) is 0 Å². The summed E-state index contributed by atoms with van der Waals surface area (Å²) in [5, 5.41) is 3.19. The molecule has 3 N–H and O–H groups in total. The summed E-state index contributed by atoms with van der Waals surface area (Å²) < 4.78 is 23.8. The minimum absolute atomic E-state index is 0.163. The zero-order chi connectivity index (χ0) is 12.9. The Labute approximate surface area is 103 Å². The van der Waals surface area contributed by atoms with Gasteiger partial charge in [-0.2, -0.15) is 0 Å². The van der Waals surface area contributed by atoms with Crippen LogP contribution in [-0.2, 0) is 9.84 Å². The zero-order valence-electron chi connectivity index (χ0n) is 10.3. The van der Waals surface area contributed by atoms with Crippen molar-refractivity contribution in [2.75, 3.05) is 18.0 Å². The maximum Gasteiger partial charge on any atom is 0.178 e. The minimum Gasteiger partial charge on any atom is -0.399 e. The summed E-state index contributed by atoms with van der Waals surface area (Å²) in [6.07, 6.45) is 0.616. The van der Waals surface area contributed by atoms with Crippen molar-refractivity contribution < 1.29 is 8.42 Å². The van der Waals surface area contributed by atoms with Crippen LogP contribution in [0.1, 0.15) is 20.3 Å². The Bertz CT molecular complexity index is 438. The molecule has 96 valence electrons. The van der Waals surface area contributed by atoms with Gasteiger partial charge in [0.05, 0.1) is 10.6 Å². The summed E-state index contributed by atoms with van der Waals surface area (Å²) in [6, 6.07) is 6.72. The van der Waals surface area contributed by atoms with E-state index in [1.807, 2.05) is 13.8 Å². The number of anilines is 1. The fourth-order valence-electron chi connectivity index (χ4n) is 1.45. The quantitative estimate of drug-likeness (QED) is 0.596. The molecule has 0 aliphatic heterocycles. The molecule has 0 saturated heterocycles. The largest absolute Gasteiger partial charge is 0.399 e. The molecule has 17 heavy (non-hydrogen) atoms. The van der Waals surface area contributed by atoms with Crippen molar-refractivity contribution in [3.63, 3.8) is 0 Å². The molecule has 1 aromatic carbocycles. The van der Waals surface area contributed by atoms with E-state index in [-0.39, 0.29) is 5.75 Å². The zero-order valence-corrected chi connectivity index (χ0v) is 11.1. The number of nitrogens with one attached hydrogen (secondary N) is 1. The second-order valence-electron chi connectivity index (χ2n) is 4.35. The molecule has 0 unspecified atom stereocenters. The van der Waals surface area contributed by atoms with Crippen molar-refractivity contribution in [2.24, 2.45) is 0 Å². The van der Waals surface area contributed by atoms with Crippen LogP contribution in [0.25, 0.3) is 0 Å². The lowest BCUT2D eigenvalue weighted by Gasteiger charge is -2.08. The van der Waals surface area contributed by atoms with Crippen molar-refractivity contribution in [1.82, 2.24) is 5.32 Å². The Morgan fingerprint density at radius 1 is 1.24 bits per heavy atom. The molecule has 0 spiro atoms. The van der Waals surface area contributed by atoms with Crippen LogP contribution in [0.3, 0.4) is 0 Å². The van der Waals surface area contributed by atoms with Gasteiger partial charge in [0.25, 0.3) is 0 Å². The first-order valence-electron chi connectivity index (χ1n) is 5.73. The molecule has 0 fully saturated rings. The van der Waals surface area contributed by atoms with Crippen molar-refractivity contribution >= 4 is 15.5 Å². The summed E-state index contributed by atoms with van der Waals surface area (Å²) >= 11 is 0. The van der Waals surface area contributed by atoms with Crippen molar-refractivity contribution in [3.8, 4) is 0 Å². The first kappa shape index (κ1) is 14.0. The highest BCUT2D eigenvalue weighted by Crippen LogP contribution is 2.13. The van der Waals surface area contributed by atoms with E-state index in [4.69, 9.17) is 5.73 Å². The number of rotatable bonds is 6. The maximum atomic E-state index is 11.9. The van der Waals surface area contributed by atoms with Crippen LogP contribution in [0.5, 0.6) is 0 Å². The van der Waals surface area contributed by atoms with Crippen LogP contribution in [0.4, 0.5) is 5.69 Å². The van der Waals surface area contributed by atoms with Crippen LogP contribution in [0.2, 0.25) is 0 Å². The van der Waals surface area contributed by atoms with Crippen molar-refractivity contribution in [3.05, 3.63) is 24.3 Å². The van der Waals surface area contributed by atoms with Crippen molar-refractivity contribution in [1.29, 1.82) is 0 Å². The first-order valence-corrected chi connectivity index (χ1v) is 7.39. The number of nitrogens with two attached hydrogens (primary N) is 1. The summed E-state index contributed by atoms with van der Waals surface area (Å²) in [4.78, 5) is 0.344. The van der Waals surface area contributed by atoms with Gasteiger partial charge < -0.3 is 11.1 Å². The second kappa shape index (κ2) is 6.02. The Balaban J connectivity index is 2.54. The number of nitrogen functional groups attached to an aromatic ring is 1. The molecule has 1 aromatic rings. The highest BCUT2D eigenvalue weighted by molar-refractivity contribution is 7.91. The van der Waals surface area contributed by atoms with Gasteiger partial charge in [0, 0.05) is 11.7 Å². The van der Waals surface area contributed by atoms with E-state index >= 15 is 0 Å². The second-order valence-corrected chi connectivity index (χ2v) is 6.46. The number of benzene rings is 1. The predicted molar refractivity (Wildman–Crippen MR) is 70.7 cm³/mol. The topological polar surface area (TPSA) is 72.2 Å². The number of sulfone groups is 1. The van der Waals surface area contributed by atoms with E-state index in [0.717, 1.165) is 0 Å². The fraction of sp³-hybridized carbons (Fsp3) is 0.500. The van der Waals surface area contributed by atoms with Crippen molar-refractivity contribution in [2.45, 2.75) is 31.2 Å². The average molecular weight is 256 g/mol. The molecule has 0 atom stereocenters. The van der Waals surface area contributed by atoms with Gasteiger partial charge in [-0.1, -0.05) is 13.8 Å². The summed E-state index contributed by atoms with van der Waals surface area (Å²) in [6.45, 7) is 4.79. The Morgan fingerprint density at radius 3 is 2.35 bits per heavy atom. The predicted octanol–water partition coefficient (Wildman–Crippen LogP) is 1.43. The van der Waals surface area contributed by atoms with E-state index in [1.165, 1.54) is 0 Å². The number of hydrogen-bond donors (Lipinski definition) is 2. The monoisotopic (exact) mass is 256 g/mol. The molecule has 0 radical (unpaired) electrons. The van der Waals surface area contributed by atoms with Crippen LogP contribution in [0, 0.1) is 0 Å². The lowest BCUT2D eigenvalue weighted by atomic mass is 10.3. The Hall–Kier alpha value is -1.07. The maximum absolute atomic E-state index is 11.9. The molecular weight excluding hydrogens is 236 g/mol. The summed E-state index contributed by atoms with van der Waals surface area (Å²) in [7, 11) is -3.17. The van der Waals surface area contributed by atoms with Gasteiger partial charge >= 0.3 is 0 Å². The van der Waals surface area contributed by atoms with Crippen LogP contribution < -0.4 is 11.1 Å². The van der Waals surface area contributed by atoms with Gasteiger partial charge in [-0.05, 0) is 37.2 Å². The highest BCUT2D eigenvalue weighted by atomic mass is 32.2. The third kappa shape index (κ3) is 4.75. The Morgan fingerprint density at radius 2 is 1.82 bits per heavy atom. The first-order chi connectivity index (χ1) is 7.92. The normalized spacial score (nSPS) is 11.9. The molecule has 0 heterocycles. The molecule has 0 aliphatic carbocycles. The van der Waals surface area contributed by atoms with Gasteiger partial charge in [-0.25, -0.2) is 8.42 Å². The third-order valence-corrected chi connectivity index (χ3v) is 4.20. The van der Waals surface area contributed by atoms with Crippen LogP contribution in [0.15, 0.2) is 29.2 Å². The lowest BCUT2D eigenvalue weighted by molar-refractivity contribution is 0.568. The molecule has 0 aliphatic rings. The molecule has 5 heteroatoms.